The van der Waals surface area contributed by atoms with Gasteiger partial charge in [0.2, 0.25) is 0 Å². The Kier molecular flexibility index (Phi) is 7.05. The van der Waals surface area contributed by atoms with Crippen LogP contribution >= 0.6 is 0 Å². The first kappa shape index (κ1) is 20.9. The van der Waals surface area contributed by atoms with Crippen molar-refractivity contribution in [1.29, 1.82) is 0 Å². The third kappa shape index (κ3) is 5.38. The fraction of sp³-hybridized carbons (Fsp3) is 0.167. The number of esters is 1. The molecular weight excluding hydrogens is 382 g/mol. The minimum absolute atomic E-state index is 0.219. The van der Waals surface area contributed by atoms with Crippen molar-refractivity contribution in [2.24, 2.45) is 5.16 Å². The molecule has 3 aromatic rings. The smallest absolute Gasteiger partial charge is 0.343 e. The number of hydrogen-bond acceptors (Lipinski definition) is 6. The molecule has 6 nitrogen and oxygen atoms in total. The molecule has 0 aromatic heterocycles. The van der Waals surface area contributed by atoms with Crippen molar-refractivity contribution in [3.05, 3.63) is 89.5 Å². The second-order valence-corrected chi connectivity index (χ2v) is 6.42. The lowest BCUT2D eigenvalue weighted by Gasteiger charge is -2.09. The maximum absolute atomic E-state index is 12.3. The average Bonchev–Trinajstić information content (AvgIpc) is 2.79. The van der Waals surface area contributed by atoms with Gasteiger partial charge in [-0.15, -0.1) is 0 Å². The van der Waals surface area contributed by atoms with Gasteiger partial charge in [-0.1, -0.05) is 35.5 Å². The Morgan fingerprint density at radius 2 is 1.60 bits per heavy atom. The molecular formula is C24H23NO5. The van der Waals surface area contributed by atoms with Gasteiger partial charge in [0.25, 0.3) is 0 Å². The first-order valence-electron chi connectivity index (χ1n) is 9.36. The van der Waals surface area contributed by atoms with Crippen LogP contribution in [0.4, 0.5) is 0 Å². The van der Waals surface area contributed by atoms with E-state index in [1.165, 1.54) is 0 Å². The monoisotopic (exact) mass is 405 g/mol. The number of hydrogen-bond donors (Lipinski definition) is 0. The first-order chi connectivity index (χ1) is 14.6. The number of carbonyl (C=O) groups is 1. The molecule has 0 aliphatic heterocycles. The maximum Gasteiger partial charge on any atom is 0.343 e. The zero-order valence-electron chi connectivity index (χ0n) is 17.1. The molecule has 0 saturated carbocycles. The number of carbonyl (C=O) groups excluding carboxylic acids is 1. The Bertz CT molecular complexity index is 1030. The summed E-state index contributed by atoms with van der Waals surface area (Å²) in [6.45, 7) is 2.06. The van der Waals surface area contributed by atoms with Gasteiger partial charge in [0.05, 0.1) is 25.5 Å². The largest absolute Gasteiger partial charge is 0.493 e. The highest BCUT2D eigenvalue weighted by Crippen LogP contribution is 2.27. The van der Waals surface area contributed by atoms with Crippen LogP contribution in [0, 0.1) is 0 Å². The first-order valence-corrected chi connectivity index (χ1v) is 9.36. The van der Waals surface area contributed by atoms with Crippen molar-refractivity contribution in [3.8, 4) is 17.2 Å². The van der Waals surface area contributed by atoms with Crippen LogP contribution in [0.3, 0.4) is 0 Å². The van der Waals surface area contributed by atoms with Gasteiger partial charge in [-0.05, 0) is 55.0 Å². The molecule has 0 fully saturated rings. The van der Waals surface area contributed by atoms with E-state index in [-0.39, 0.29) is 6.61 Å². The van der Waals surface area contributed by atoms with Crippen LogP contribution in [0.1, 0.15) is 28.4 Å². The summed E-state index contributed by atoms with van der Waals surface area (Å²) in [5.74, 6) is 1.34. The third-order valence-electron chi connectivity index (χ3n) is 4.35. The van der Waals surface area contributed by atoms with Crippen LogP contribution in [-0.2, 0) is 11.4 Å². The summed E-state index contributed by atoms with van der Waals surface area (Å²) in [5, 5.41) is 4.17. The Balaban J connectivity index is 1.63. The lowest BCUT2D eigenvalue weighted by Crippen LogP contribution is -2.08. The van der Waals surface area contributed by atoms with E-state index in [9.17, 15) is 4.79 Å². The van der Waals surface area contributed by atoms with E-state index in [1.54, 1.807) is 44.6 Å². The van der Waals surface area contributed by atoms with E-state index < -0.39 is 5.97 Å². The number of oxime groups is 1. The predicted molar refractivity (Wildman–Crippen MR) is 114 cm³/mol. The summed E-state index contributed by atoms with van der Waals surface area (Å²) in [6, 6.07) is 21.6. The number of rotatable bonds is 8. The van der Waals surface area contributed by atoms with Crippen LogP contribution < -0.4 is 14.2 Å². The molecule has 0 N–H and O–H groups in total. The van der Waals surface area contributed by atoms with E-state index in [0.717, 1.165) is 11.1 Å². The molecule has 0 amide bonds. The summed E-state index contributed by atoms with van der Waals surface area (Å²) >= 11 is 0. The number of ether oxygens (including phenoxy) is 3. The summed E-state index contributed by atoms with van der Waals surface area (Å²) in [7, 11) is 3.17. The molecule has 0 atom stereocenters. The highest BCUT2D eigenvalue weighted by molar-refractivity contribution is 5.98. The Morgan fingerprint density at radius 1 is 0.833 bits per heavy atom. The van der Waals surface area contributed by atoms with Gasteiger partial charge in [-0.3, -0.25) is 0 Å². The maximum atomic E-state index is 12.3. The predicted octanol–water partition coefficient (Wildman–Crippen LogP) is 4.86. The molecule has 3 aromatic carbocycles. The van der Waals surface area contributed by atoms with Crippen molar-refractivity contribution in [3.63, 3.8) is 0 Å². The van der Waals surface area contributed by atoms with Crippen LogP contribution in [-0.4, -0.2) is 25.9 Å². The third-order valence-corrected chi connectivity index (χ3v) is 4.35. The van der Waals surface area contributed by atoms with E-state index in [1.807, 2.05) is 49.4 Å². The van der Waals surface area contributed by atoms with Gasteiger partial charge in [-0.2, -0.15) is 0 Å². The van der Waals surface area contributed by atoms with Gasteiger partial charge in [-0.25, -0.2) is 4.79 Å². The van der Waals surface area contributed by atoms with Crippen LogP contribution in [0.25, 0.3) is 0 Å². The van der Waals surface area contributed by atoms with Gasteiger partial charge < -0.3 is 19.0 Å². The van der Waals surface area contributed by atoms with Crippen molar-refractivity contribution < 1.29 is 23.8 Å². The molecule has 0 spiro atoms. The van der Waals surface area contributed by atoms with Crippen molar-refractivity contribution >= 4 is 11.7 Å². The lowest BCUT2D eigenvalue weighted by molar-refractivity contribution is 0.0734. The van der Waals surface area contributed by atoms with Crippen molar-refractivity contribution in [2.45, 2.75) is 13.5 Å². The molecule has 0 saturated heterocycles. The summed E-state index contributed by atoms with van der Waals surface area (Å²) in [5.41, 5.74) is 2.80. The van der Waals surface area contributed by atoms with Gasteiger partial charge in [0, 0.05) is 5.56 Å². The fourth-order valence-electron chi connectivity index (χ4n) is 2.76. The standard InChI is InChI=1S/C24H23NO5/c1-17(19-12-13-22(27-2)23(15-19)28-3)25-29-16-18-8-7-9-20(14-18)24(26)30-21-10-5-4-6-11-21/h4-15H,16H2,1-3H3/b25-17-. The summed E-state index contributed by atoms with van der Waals surface area (Å²) < 4.78 is 15.9. The Labute approximate surface area is 175 Å². The van der Waals surface area contributed by atoms with Crippen LogP contribution in [0.2, 0.25) is 0 Å². The van der Waals surface area contributed by atoms with Gasteiger partial charge in [0.1, 0.15) is 12.4 Å². The topological polar surface area (TPSA) is 66.4 Å². The highest BCUT2D eigenvalue weighted by Gasteiger charge is 2.10. The van der Waals surface area contributed by atoms with Crippen molar-refractivity contribution in [2.75, 3.05) is 14.2 Å². The summed E-state index contributed by atoms with van der Waals surface area (Å²) in [6.07, 6.45) is 0. The van der Waals surface area contributed by atoms with Crippen LogP contribution in [0.5, 0.6) is 17.2 Å². The van der Waals surface area contributed by atoms with Gasteiger partial charge >= 0.3 is 5.97 Å². The molecule has 0 aliphatic carbocycles. The lowest BCUT2D eigenvalue weighted by atomic mass is 10.1. The number of para-hydroxylation sites is 1. The molecule has 3 rings (SSSR count). The minimum Gasteiger partial charge on any atom is -0.493 e. The second-order valence-electron chi connectivity index (χ2n) is 6.42. The molecule has 6 heteroatoms. The molecule has 0 aliphatic rings. The molecule has 0 unspecified atom stereocenters. The second kappa shape index (κ2) is 10.1. The van der Waals surface area contributed by atoms with Crippen LogP contribution in [0.15, 0.2) is 78.0 Å². The minimum atomic E-state index is -0.423. The Hall–Kier alpha value is -3.80. The molecule has 0 heterocycles. The zero-order valence-corrected chi connectivity index (χ0v) is 17.1. The van der Waals surface area contributed by atoms with E-state index in [0.29, 0.717) is 28.5 Å². The molecule has 0 radical (unpaired) electrons. The number of benzene rings is 3. The van der Waals surface area contributed by atoms with E-state index in [4.69, 9.17) is 19.0 Å². The number of nitrogens with zero attached hydrogens (tertiary/aromatic N) is 1. The van der Waals surface area contributed by atoms with Gasteiger partial charge in [0.15, 0.2) is 11.5 Å². The van der Waals surface area contributed by atoms with Crippen molar-refractivity contribution in [1.82, 2.24) is 0 Å². The quantitative estimate of drug-likeness (QED) is 0.232. The van der Waals surface area contributed by atoms with E-state index >= 15 is 0 Å². The molecule has 30 heavy (non-hydrogen) atoms. The SMILES string of the molecule is COc1ccc(/C(C)=N\OCc2cccc(C(=O)Oc3ccccc3)c2)cc1OC. The summed E-state index contributed by atoms with van der Waals surface area (Å²) in [4.78, 5) is 17.8. The zero-order chi connectivity index (χ0) is 21.3. The fourth-order valence-corrected chi connectivity index (χ4v) is 2.76. The molecule has 154 valence electrons. The average molecular weight is 405 g/mol. The number of methoxy groups -OCH3 is 2. The normalized spacial score (nSPS) is 11.0. The van der Waals surface area contributed by atoms with E-state index in [2.05, 4.69) is 5.16 Å². The Morgan fingerprint density at radius 3 is 2.33 bits per heavy atom. The molecule has 0 bridgehead atoms. The highest BCUT2D eigenvalue weighted by atomic mass is 16.6.